The van der Waals surface area contributed by atoms with Gasteiger partial charge in [-0.1, -0.05) is 16.7 Å². The van der Waals surface area contributed by atoms with Crippen molar-refractivity contribution < 1.29 is 19.6 Å². The normalized spacial score (nSPS) is 10.9. The molecule has 68 valence electrons. The van der Waals surface area contributed by atoms with Crippen molar-refractivity contribution in [3.8, 4) is 5.75 Å². The van der Waals surface area contributed by atoms with Gasteiger partial charge in [-0.15, -0.1) is 0 Å². The van der Waals surface area contributed by atoms with Gasteiger partial charge in [-0.3, -0.25) is 0 Å². The Morgan fingerprint density at radius 3 is 2.54 bits per heavy atom. The molecule has 13 heavy (non-hydrogen) atoms. The number of carbonyl (C=O) groups is 1. The van der Waals surface area contributed by atoms with Crippen molar-refractivity contribution >= 4 is 19.1 Å². The van der Waals surface area contributed by atoms with Crippen molar-refractivity contribution in [3.63, 3.8) is 0 Å². The van der Waals surface area contributed by atoms with Crippen molar-refractivity contribution in [2.24, 2.45) is 0 Å². The van der Waals surface area contributed by atoms with Crippen molar-refractivity contribution in [2.45, 2.75) is 0 Å². The molecule has 0 aliphatic carbocycles. The smallest absolute Gasteiger partial charge is 0.392 e. The van der Waals surface area contributed by atoms with E-state index in [9.17, 15) is 14.5 Å². The molecule has 1 rings (SSSR count). The average molecular weight is 199 g/mol. The second kappa shape index (κ2) is 4.01. The van der Waals surface area contributed by atoms with Crippen LogP contribution in [0.2, 0.25) is 0 Å². The van der Waals surface area contributed by atoms with E-state index < -0.39 is 19.9 Å². The van der Waals surface area contributed by atoms with Crippen molar-refractivity contribution in [2.75, 3.05) is 6.16 Å². The zero-order valence-corrected chi connectivity index (χ0v) is 7.57. The first-order valence-electron chi connectivity index (χ1n) is 3.55. The predicted molar refractivity (Wildman–Crippen MR) is 47.9 cm³/mol. The highest BCUT2D eigenvalue weighted by molar-refractivity contribution is 7.54. The van der Waals surface area contributed by atoms with Crippen LogP contribution < -0.4 is 5.30 Å². The lowest BCUT2D eigenvalue weighted by atomic mass is 10.3. The van der Waals surface area contributed by atoms with Crippen LogP contribution in [0.4, 0.5) is 0 Å². The molecule has 1 atom stereocenters. The minimum Gasteiger partial charge on any atom is -0.504 e. The van der Waals surface area contributed by atoms with E-state index in [1.807, 2.05) is 0 Å². The Bertz CT molecular complexity index is 348. The highest BCUT2D eigenvalue weighted by Gasteiger charge is 2.26. The second-order valence-corrected chi connectivity index (χ2v) is 3.97. The van der Waals surface area contributed by atoms with Gasteiger partial charge in [0.15, 0.2) is 5.75 Å². The third-order valence-electron chi connectivity index (χ3n) is 1.43. The summed E-state index contributed by atoms with van der Waals surface area (Å²) in [5.41, 5.74) is 0. The van der Waals surface area contributed by atoms with Gasteiger partial charge in [-0.2, -0.15) is 0 Å². The maximum Gasteiger partial charge on any atom is 0.392 e. The fourth-order valence-corrected chi connectivity index (χ4v) is 1.88. The summed E-state index contributed by atoms with van der Waals surface area (Å²) in [6, 6.07) is 6.02. The first-order chi connectivity index (χ1) is 6.11. The molecule has 0 saturated carbocycles. The molecule has 2 N–H and O–H groups in total. The number of rotatable bonds is 3. The molecular weight excluding hydrogens is 191 g/mol. The first kappa shape index (κ1) is 9.68. The fraction of sp³-hybridized carbons (Fsp3) is 0.125. The Labute approximate surface area is 75.6 Å². The molecular formula is C8H8O4P+. The minimum atomic E-state index is -2.04. The number of aliphatic carboxylic acids is 1. The summed E-state index contributed by atoms with van der Waals surface area (Å²) in [5, 5.41) is 17.8. The molecule has 1 unspecified atom stereocenters. The van der Waals surface area contributed by atoms with E-state index in [0.29, 0.717) is 0 Å². The third kappa shape index (κ3) is 2.53. The summed E-state index contributed by atoms with van der Waals surface area (Å²) in [6.45, 7) is 0. The number of benzene rings is 1. The van der Waals surface area contributed by atoms with Gasteiger partial charge < -0.3 is 10.2 Å². The van der Waals surface area contributed by atoms with Gasteiger partial charge in [0, 0.05) is 0 Å². The lowest BCUT2D eigenvalue weighted by molar-refractivity contribution is -0.134. The van der Waals surface area contributed by atoms with Crippen LogP contribution in [-0.4, -0.2) is 22.3 Å². The predicted octanol–water partition coefficient (Wildman–Crippen LogP) is 0.929. The largest absolute Gasteiger partial charge is 0.504 e. The van der Waals surface area contributed by atoms with Gasteiger partial charge in [0.25, 0.3) is 0 Å². The van der Waals surface area contributed by atoms with Gasteiger partial charge in [-0.05, 0) is 12.1 Å². The number of carboxylic acid groups (broad SMARTS) is 1. The topological polar surface area (TPSA) is 74.6 Å². The maximum atomic E-state index is 11.3. The highest BCUT2D eigenvalue weighted by Crippen LogP contribution is 2.24. The molecule has 4 nitrogen and oxygen atoms in total. The SMILES string of the molecule is O=C(O)C[P+](=O)c1ccccc1O. The summed E-state index contributed by atoms with van der Waals surface area (Å²) < 4.78 is 11.3. The second-order valence-electron chi connectivity index (χ2n) is 2.42. The monoisotopic (exact) mass is 199 g/mol. The molecule has 0 amide bonds. The van der Waals surface area contributed by atoms with E-state index in [4.69, 9.17) is 5.11 Å². The molecule has 0 spiro atoms. The van der Waals surface area contributed by atoms with Gasteiger partial charge in [0.1, 0.15) is 0 Å². The molecule has 0 bridgehead atoms. The molecule has 0 radical (unpaired) electrons. The summed E-state index contributed by atoms with van der Waals surface area (Å²) >= 11 is 0. The van der Waals surface area contributed by atoms with Crippen LogP contribution in [0.5, 0.6) is 5.75 Å². The van der Waals surface area contributed by atoms with E-state index in [-0.39, 0.29) is 11.1 Å². The van der Waals surface area contributed by atoms with Crippen LogP contribution in [0.3, 0.4) is 0 Å². The third-order valence-corrected chi connectivity index (χ3v) is 2.90. The summed E-state index contributed by atoms with van der Waals surface area (Å²) in [6.07, 6.45) is -0.451. The maximum absolute atomic E-state index is 11.3. The number of hydrogen-bond acceptors (Lipinski definition) is 3. The molecule has 1 aromatic rings. The average Bonchev–Trinajstić information content (AvgIpc) is 2.03. The Morgan fingerprint density at radius 1 is 1.38 bits per heavy atom. The van der Waals surface area contributed by atoms with Crippen molar-refractivity contribution in [1.82, 2.24) is 0 Å². The number of hydrogen-bond donors (Lipinski definition) is 2. The molecule has 0 aliphatic rings. The quantitative estimate of drug-likeness (QED) is 0.710. The first-order valence-corrected chi connectivity index (χ1v) is 5.00. The highest BCUT2D eigenvalue weighted by atomic mass is 31.1. The molecule has 0 heterocycles. The van der Waals surface area contributed by atoms with Gasteiger partial charge in [0.05, 0.1) is 0 Å². The zero-order chi connectivity index (χ0) is 9.84. The van der Waals surface area contributed by atoms with Crippen LogP contribution in [0, 0.1) is 0 Å². The Hall–Kier alpha value is -1.41. The standard InChI is InChI=1S/C8H7O4P/c9-6-3-1-2-4-7(6)13(12)5-8(10)11/h1-4H,5H2,(H-,9,10,11,12)/p+1. The van der Waals surface area contributed by atoms with E-state index >= 15 is 0 Å². The number of aromatic hydroxyl groups is 1. The number of phenols is 1. The van der Waals surface area contributed by atoms with Crippen molar-refractivity contribution in [3.05, 3.63) is 24.3 Å². The summed E-state index contributed by atoms with van der Waals surface area (Å²) in [4.78, 5) is 10.2. The van der Waals surface area contributed by atoms with E-state index in [1.165, 1.54) is 12.1 Å². The minimum absolute atomic E-state index is 0.120. The van der Waals surface area contributed by atoms with E-state index in [2.05, 4.69) is 0 Å². The number of carboxylic acids is 1. The Morgan fingerprint density at radius 2 is 2.00 bits per heavy atom. The lowest BCUT2D eigenvalue weighted by Crippen LogP contribution is -2.05. The summed E-state index contributed by atoms with van der Waals surface area (Å²) in [5.74, 6) is -1.26. The lowest BCUT2D eigenvalue weighted by Gasteiger charge is -1.90. The van der Waals surface area contributed by atoms with Crippen LogP contribution in [-0.2, 0) is 9.36 Å². The van der Waals surface area contributed by atoms with E-state index in [1.54, 1.807) is 12.1 Å². The van der Waals surface area contributed by atoms with Crippen molar-refractivity contribution in [1.29, 1.82) is 0 Å². The number of phenolic OH excluding ortho intramolecular Hbond substituents is 1. The molecule has 1 aromatic carbocycles. The zero-order valence-electron chi connectivity index (χ0n) is 6.67. The van der Waals surface area contributed by atoms with Gasteiger partial charge >= 0.3 is 13.8 Å². The summed E-state index contributed by atoms with van der Waals surface area (Å²) in [7, 11) is -2.04. The number of para-hydroxylation sites is 1. The molecule has 0 fully saturated rings. The Balaban J connectivity index is 2.89. The van der Waals surface area contributed by atoms with E-state index in [0.717, 1.165) is 0 Å². The molecule has 0 aliphatic heterocycles. The van der Waals surface area contributed by atoms with Crippen LogP contribution >= 0.6 is 7.80 Å². The van der Waals surface area contributed by atoms with Gasteiger partial charge in [-0.25, -0.2) is 4.79 Å². The Kier molecular flexibility index (Phi) is 2.98. The van der Waals surface area contributed by atoms with Gasteiger partial charge in [0.2, 0.25) is 11.5 Å². The molecule has 0 aromatic heterocycles. The molecule has 5 heteroatoms. The fourth-order valence-electron chi connectivity index (χ4n) is 0.883. The van der Waals surface area contributed by atoms with Crippen LogP contribution in [0.1, 0.15) is 0 Å². The van der Waals surface area contributed by atoms with Crippen LogP contribution in [0.15, 0.2) is 24.3 Å². The molecule has 0 saturated heterocycles. The van der Waals surface area contributed by atoms with Crippen LogP contribution in [0.25, 0.3) is 0 Å².